The molecule has 0 aliphatic carbocycles. The summed E-state index contributed by atoms with van der Waals surface area (Å²) < 4.78 is 4.07. The summed E-state index contributed by atoms with van der Waals surface area (Å²) in [4.78, 5) is 27.2. The molecule has 70 valence electrons. The molecule has 1 heterocycles. The van der Waals surface area contributed by atoms with E-state index < -0.39 is 12.0 Å². The van der Waals surface area contributed by atoms with E-state index >= 15 is 0 Å². The maximum atomic E-state index is 10.9. The Morgan fingerprint density at radius 3 is 3.15 bits per heavy atom. The Morgan fingerprint density at radius 2 is 2.62 bits per heavy atom. The highest BCUT2D eigenvalue weighted by atomic mass is 16.6. The number of nitrogens with one attached hydrogen (secondary N) is 1. The zero-order valence-corrected chi connectivity index (χ0v) is 6.77. The first-order chi connectivity index (χ1) is 6.24. The van der Waals surface area contributed by atoms with Crippen LogP contribution in [0.3, 0.4) is 0 Å². The van der Waals surface area contributed by atoms with E-state index in [9.17, 15) is 9.59 Å². The van der Waals surface area contributed by atoms with Crippen LogP contribution in [0.1, 0.15) is 5.69 Å². The van der Waals surface area contributed by atoms with Gasteiger partial charge < -0.3 is 15.5 Å². The fraction of sp³-hybridized carbons (Fsp3) is 0.286. The monoisotopic (exact) mass is 183 g/mol. The summed E-state index contributed by atoms with van der Waals surface area (Å²) in [5, 5.41) is 0. The average molecular weight is 183 g/mol. The van der Waals surface area contributed by atoms with Crippen LogP contribution in [0.5, 0.6) is 0 Å². The predicted molar refractivity (Wildman–Crippen MR) is 42.4 cm³/mol. The Hall–Kier alpha value is -1.69. The number of aromatic nitrogens is 2. The van der Waals surface area contributed by atoms with Gasteiger partial charge >= 0.3 is 12.4 Å². The van der Waals surface area contributed by atoms with Crippen molar-refractivity contribution in [1.29, 1.82) is 0 Å². The van der Waals surface area contributed by atoms with Crippen molar-refractivity contribution in [1.82, 2.24) is 9.97 Å². The lowest BCUT2D eigenvalue weighted by molar-refractivity contribution is -0.152. The summed E-state index contributed by atoms with van der Waals surface area (Å²) >= 11 is 0. The van der Waals surface area contributed by atoms with Crippen molar-refractivity contribution >= 4 is 12.4 Å². The zero-order valence-electron chi connectivity index (χ0n) is 6.77. The number of carbonyl (C=O) groups is 2. The SMILES string of the molecule is N[C@@H](Cc1cnc[nH]1)C(=O)OC=O. The Labute approximate surface area is 74.1 Å². The van der Waals surface area contributed by atoms with Crippen molar-refractivity contribution in [2.75, 3.05) is 0 Å². The molecule has 0 saturated heterocycles. The summed E-state index contributed by atoms with van der Waals surface area (Å²) in [5.41, 5.74) is 6.13. The minimum Gasteiger partial charge on any atom is -0.394 e. The van der Waals surface area contributed by atoms with Crippen molar-refractivity contribution < 1.29 is 14.3 Å². The topological polar surface area (TPSA) is 98.1 Å². The molecule has 0 amide bonds. The molecule has 1 aromatic rings. The van der Waals surface area contributed by atoms with Crippen molar-refractivity contribution in [3.8, 4) is 0 Å². The molecule has 0 aromatic carbocycles. The molecule has 1 rings (SSSR count). The number of imidazole rings is 1. The molecule has 0 aliphatic rings. The predicted octanol–water partition coefficient (Wildman–Crippen LogP) is -1.02. The summed E-state index contributed by atoms with van der Waals surface area (Å²) in [7, 11) is 0. The molecule has 1 aromatic heterocycles. The smallest absolute Gasteiger partial charge is 0.330 e. The van der Waals surface area contributed by atoms with E-state index in [4.69, 9.17) is 5.73 Å². The number of hydrogen-bond donors (Lipinski definition) is 2. The van der Waals surface area contributed by atoms with Crippen LogP contribution in [-0.2, 0) is 20.7 Å². The van der Waals surface area contributed by atoms with Crippen LogP contribution in [-0.4, -0.2) is 28.5 Å². The fourth-order valence-corrected chi connectivity index (χ4v) is 0.851. The lowest BCUT2D eigenvalue weighted by atomic mass is 10.2. The molecule has 0 spiro atoms. The van der Waals surface area contributed by atoms with Crippen LogP contribution in [0, 0.1) is 0 Å². The Bertz CT molecular complexity index is 283. The van der Waals surface area contributed by atoms with Gasteiger partial charge in [-0.25, -0.2) is 9.78 Å². The third kappa shape index (κ3) is 2.68. The van der Waals surface area contributed by atoms with Crippen molar-refractivity contribution in [2.45, 2.75) is 12.5 Å². The molecule has 13 heavy (non-hydrogen) atoms. The zero-order chi connectivity index (χ0) is 9.68. The Balaban J connectivity index is 2.45. The van der Waals surface area contributed by atoms with Crippen LogP contribution in [0.4, 0.5) is 0 Å². The summed E-state index contributed by atoms with van der Waals surface area (Å²) in [5.74, 6) is -0.746. The first-order valence-electron chi connectivity index (χ1n) is 3.61. The van der Waals surface area contributed by atoms with E-state index in [-0.39, 0.29) is 12.9 Å². The standard InChI is InChI=1S/C7H9N3O3/c8-6(7(12)13-4-11)1-5-2-9-3-10-5/h2-4,6H,1,8H2,(H,9,10)/t6-/m0/s1. The minimum absolute atomic E-state index is 0.0646. The van der Waals surface area contributed by atoms with Gasteiger partial charge in [-0.05, 0) is 0 Å². The molecule has 3 N–H and O–H groups in total. The van der Waals surface area contributed by atoms with Gasteiger partial charge in [0.1, 0.15) is 6.04 Å². The van der Waals surface area contributed by atoms with E-state index in [1.807, 2.05) is 0 Å². The maximum Gasteiger partial charge on any atom is 0.330 e. The quantitative estimate of drug-likeness (QED) is 0.353. The van der Waals surface area contributed by atoms with Gasteiger partial charge in [-0.3, -0.25) is 4.79 Å². The molecule has 0 aliphatic heterocycles. The molecular weight excluding hydrogens is 174 g/mol. The van der Waals surface area contributed by atoms with Crippen molar-refractivity contribution in [3.63, 3.8) is 0 Å². The number of H-pyrrole nitrogens is 1. The van der Waals surface area contributed by atoms with E-state index in [0.717, 1.165) is 5.69 Å². The van der Waals surface area contributed by atoms with Gasteiger partial charge in [0, 0.05) is 18.3 Å². The molecule has 0 unspecified atom stereocenters. The second-order valence-corrected chi connectivity index (χ2v) is 2.42. The third-order valence-electron chi connectivity index (χ3n) is 1.46. The number of ether oxygens (including phenoxy) is 1. The van der Waals surface area contributed by atoms with Crippen molar-refractivity contribution in [3.05, 3.63) is 18.2 Å². The van der Waals surface area contributed by atoms with Gasteiger partial charge in [0.15, 0.2) is 0 Å². The summed E-state index contributed by atoms with van der Waals surface area (Å²) in [6, 6.07) is -0.842. The number of hydrogen-bond acceptors (Lipinski definition) is 5. The van der Waals surface area contributed by atoms with Gasteiger partial charge in [-0.15, -0.1) is 0 Å². The largest absolute Gasteiger partial charge is 0.394 e. The van der Waals surface area contributed by atoms with Gasteiger partial charge in [0.25, 0.3) is 0 Å². The molecule has 0 fully saturated rings. The average Bonchev–Trinajstić information content (AvgIpc) is 2.57. The molecule has 6 nitrogen and oxygen atoms in total. The number of carbonyl (C=O) groups excluding carboxylic acids is 2. The third-order valence-corrected chi connectivity index (χ3v) is 1.46. The van der Waals surface area contributed by atoms with Crippen LogP contribution in [0.2, 0.25) is 0 Å². The first kappa shape index (κ1) is 9.40. The highest BCUT2D eigenvalue weighted by Gasteiger charge is 2.15. The van der Waals surface area contributed by atoms with Crippen LogP contribution in [0.15, 0.2) is 12.5 Å². The highest BCUT2D eigenvalue weighted by molar-refractivity contribution is 5.81. The summed E-state index contributed by atoms with van der Waals surface area (Å²) in [6.07, 6.45) is 3.30. The van der Waals surface area contributed by atoms with E-state index in [1.54, 1.807) is 6.20 Å². The van der Waals surface area contributed by atoms with Gasteiger partial charge in [0.05, 0.1) is 6.33 Å². The number of nitrogens with zero attached hydrogens (tertiary/aromatic N) is 1. The molecule has 0 saturated carbocycles. The summed E-state index contributed by atoms with van der Waals surface area (Å²) in [6.45, 7) is 0.0646. The first-order valence-corrected chi connectivity index (χ1v) is 3.61. The molecule has 1 atom stereocenters. The number of aromatic amines is 1. The Kier molecular flexibility index (Phi) is 3.15. The second kappa shape index (κ2) is 4.36. The number of esters is 1. The van der Waals surface area contributed by atoms with Crippen LogP contribution >= 0.6 is 0 Å². The van der Waals surface area contributed by atoms with Crippen LogP contribution < -0.4 is 5.73 Å². The van der Waals surface area contributed by atoms with Gasteiger partial charge in [-0.1, -0.05) is 0 Å². The molecule has 0 radical (unpaired) electrons. The van der Waals surface area contributed by atoms with Gasteiger partial charge in [0.2, 0.25) is 0 Å². The lowest BCUT2D eigenvalue weighted by Gasteiger charge is -2.05. The van der Waals surface area contributed by atoms with E-state index in [0.29, 0.717) is 0 Å². The molecule has 0 bridgehead atoms. The minimum atomic E-state index is -0.842. The molecule has 6 heteroatoms. The number of rotatable bonds is 4. The lowest BCUT2D eigenvalue weighted by Crippen LogP contribution is -2.34. The second-order valence-electron chi connectivity index (χ2n) is 2.42. The Morgan fingerprint density at radius 1 is 1.85 bits per heavy atom. The number of nitrogens with two attached hydrogens (primary N) is 1. The normalized spacial score (nSPS) is 12.1. The van der Waals surface area contributed by atoms with Gasteiger partial charge in [-0.2, -0.15) is 0 Å². The molecular formula is C7H9N3O3. The highest BCUT2D eigenvalue weighted by Crippen LogP contribution is 1.97. The maximum absolute atomic E-state index is 10.9. The van der Waals surface area contributed by atoms with Crippen LogP contribution in [0.25, 0.3) is 0 Å². The fourth-order valence-electron chi connectivity index (χ4n) is 0.851. The van der Waals surface area contributed by atoms with E-state index in [2.05, 4.69) is 14.7 Å². The van der Waals surface area contributed by atoms with Crippen molar-refractivity contribution in [2.24, 2.45) is 5.73 Å². The van der Waals surface area contributed by atoms with E-state index in [1.165, 1.54) is 6.33 Å².